The van der Waals surface area contributed by atoms with Crippen LogP contribution in [-0.2, 0) is 0 Å². The molecule has 1 aromatic rings. The van der Waals surface area contributed by atoms with Crippen LogP contribution in [0, 0.1) is 12.3 Å². The molecule has 1 atom stereocenters. The highest BCUT2D eigenvalue weighted by Crippen LogP contribution is 2.23. The van der Waals surface area contributed by atoms with Gasteiger partial charge in [0.1, 0.15) is 0 Å². The number of rotatable bonds is 1. The van der Waals surface area contributed by atoms with E-state index in [4.69, 9.17) is 12.2 Å². The number of nitrogens with two attached hydrogens (primary N) is 1. The molecule has 1 aromatic heterocycles. The molecular formula is C7H6BrNS. The standard InChI is InChI=1S/C7H6BrNS/c1-2-6(9)5-3-7(8)10-4-5/h1,3-4,6H,9H2. The van der Waals surface area contributed by atoms with Crippen molar-refractivity contribution in [2.75, 3.05) is 0 Å². The second kappa shape index (κ2) is 3.20. The third kappa shape index (κ3) is 1.60. The molecule has 0 aliphatic carbocycles. The van der Waals surface area contributed by atoms with Crippen molar-refractivity contribution < 1.29 is 0 Å². The molecule has 0 bridgehead atoms. The maximum absolute atomic E-state index is 5.56. The summed E-state index contributed by atoms with van der Waals surface area (Å²) in [5, 5.41) is 1.95. The van der Waals surface area contributed by atoms with Gasteiger partial charge >= 0.3 is 0 Å². The van der Waals surface area contributed by atoms with Gasteiger partial charge in [-0.3, -0.25) is 0 Å². The van der Waals surface area contributed by atoms with Crippen molar-refractivity contribution in [2.24, 2.45) is 5.73 Å². The Kier molecular flexibility index (Phi) is 2.50. The van der Waals surface area contributed by atoms with Gasteiger partial charge < -0.3 is 5.73 Å². The Hall–Kier alpha value is -0.300. The topological polar surface area (TPSA) is 26.0 Å². The van der Waals surface area contributed by atoms with E-state index in [0.29, 0.717) is 0 Å². The van der Waals surface area contributed by atoms with Gasteiger partial charge in [-0.2, -0.15) is 0 Å². The SMILES string of the molecule is C#CC(N)c1csc(Br)c1. The quantitative estimate of drug-likeness (QED) is 0.715. The molecule has 3 heteroatoms. The Morgan fingerprint density at radius 1 is 1.80 bits per heavy atom. The fraction of sp³-hybridized carbons (Fsp3) is 0.143. The zero-order chi connectivity index (χ0) is 7.56. The summed E-state index contributed by atoms with van der Waals surface area (Å²) in [6, 6.07) is 1.68. The molecular weight excluding hydrogens is 210 g/mol. The minimum Gasteiger partial charge on any atom is -0.314 e. The van der Waals surface area contributed by atoms with Gasteiger partial charge in [0.25, 0.3) is 0 Å². The van der Waals surface area contributed by atoms with E-state index in [0.717, 1.165) is 9.35 Å². The van der Waals surface area contributed by atoms with Gasteiger partial charge in [0, 0.05) is 0 Å². The molecule has 0 fully saturated rings. The minimum atomic E-state index is -0.262. The van der Waals surface area contributed by atoms with Crippen LogP contribution in [0.2, 0.25) is 0 Å². The van der Waals surface area contributed by atoms with Crippen LogP contribution in [-0.4, -0.2) is 0 Å². The first-order valence-electron chi connectivity index (χ1n) is 2.69. The lowest BCUT2D eigenvalue weighted by Crippen LogP contribution is -2.05. The fourth-order valence-corrected chi connectivity index (χ4v) is 1.79. The second-order valence-corrected chi connectivity index (χ2v) is 4.12. The average molecular weight is 216 g/mol. The molecule has 0 spiro atoms. The van der Waals surface area contributed by atoms with E-state index in [1.54, 1.807) is 11.3 Å². The summed E-state index contributed by atoms with van der Waals surface area (Å²) in [5.41, 5.74) is 6.56. The van der Waals surface area contributed by atoms with Crippen LogP contribution in [0.1, 0.15) is 11.6 Å². The second-order valence-electron chi connectivity index (χ2n) is 1.83. The van der Waals surface area contributed by atoms with Gasteiger partial charge in [-0.15, -0.1) is 17.8 Å². The lowest BCUT2D eigenvalue weighted by molar-refractivity contribution is 0.953. The zero-order valence-electron chi connectivity index (χ0n) is 5.17. The third-order valence-electron chi connectivity index (χ3n) is 1.13. The van der Waals surface area contributed by atoms with E-state index >= 15 is 0 Å². The Labute approximate surface area is 72.4 Å². The van der Waals surface area contributed by atoms with Crippen LogP contribution in [0.15, 0.2) is 15.2 Å². The first-order valence-corrected chi connectivity index (χ1v) is 4.37. The molecule has 0 radical (unpaired) electrons. The first kappa shape index (κ1) is 7.80. The molecule has 2 N–H and O–H groups in total. The summed E-state index contributed by atoms with van der Waals surface area (Å²) >= 11 is 4.91. The number of hydrogen-bond donors (Lipinski definition) is 1. The van der Waals surface area contributed by atoms with E-state index in [-0.39, 0.29) is 6.04 Å². The van der Waals surface area contributed by atoms with Crippen molar-refractivity contribution in [3.8, 4) is 12.3 Å². The Morgan fingerprint density at radius 2 is 2.50 bits per heavy atom. The predicted octanol–water partition coefficient (Wildman–Crippen LogP) is 2.14. The van der Waals surface area contributed by atoms with Crippen LogP contribution in [0.4, 0.5) is 0 Å². The van der Waals surface area contributed by atoms with Gasteiger partial charge in [-0.25, -0.2) is 0 Å². The van der Waals surface area contributed by atoms with E-state index in [2.05, 4.69) is 21.9 Å². The maximum Gasteiger partial charge on any atom is 0.0926 e. The molecule has 10 heavy (non-hydrogen) atoms. The highest BCUT2D eigenvalue weighted by molar-refractivity contribution is 9.11. The number of terminal acetylenes is 1. The van der Waals surface area contributed by atoms with Crippen molar-refractivity contribution in [3.63, 3.8) is 0 Å². The molecule has 0 amide bonds. The largest absolute Gasteiger partial charge is 0.314 e. The van der Waals surface area contributed by atoms with Crippen molar-refractivity contribution in [2.45, 2.75) is 6.04 Å². The Balaban J connectivity index is 2.87. The van der Waals surface area contributed by atoms with Gasteiger partial charge in [-0.1, -0.05) is 5.92 Å². The summed E-state index contributed by atoms with van der Waals surface area (Å²) in [7, 11) is 0. The summed E-state index contributed by atoms with van der Waals surface area (Å²) in [4.78, 5) is 0. The summed E-state index contributed by atoms with van der Waals surface area (Å²) in [6.07, 6.45) is 5.13. The van der Waals surface area contributed by atoms with Crippen molar-refractivity contribution in [3.05, 3.63) is 20.8 Å². The number of halogens is 1. The highest BCUT2D eigenvalue weighted by atomic mass is 79.9. The molecule has 52 valence electrons. The molecule has 0 aliphatic heterocycles. The smallest absolute Gasteiger partial charge is 0.0926 e. The molecule has 0 saturated heterocycles. The van der Waals surface area contributed by atoms with Crippen LogP contribution < -0.4 is 5.73 Å². The molecule has 0 aromatic carbocycles. The number of hydrogen-bond acceptors (Lipinski definition) is 2. The van der Waals surface area contributed by atoms with Crippen molar-refractivity contribution >= 4 is 27.3 Å². The highest BCUT2D eigenvalue weighted by Gasteiger charge is 2.02. The normalized spacial score (nSPS) is 12.5. The van der Waals surface area contributed by atoms with Gasteiger partial charge in [0.2, 0.25) is 0 Å². The summed E-state index contributed by atoms with van der Waals surface area (Å²) < 4.78 is 1.06. The minimum absolute atomic E-state index is 0.262. The zero-order valence-corrected chi connectivity index (χ0v) is 7.58. The van der Waals surface area contributed by atoms with Crippen LogP contribution in [0.25, 0.3) is 0 Å². The molecule has 0 saturated carbocycles. The molecule has 1 heterocycles. The first-order chi connectivity index (χ1) is 4.74. The summed E-state index contributed by atoms with van der Waals surface area (Å²) in [5.74, 6) is 2.46. The van der Waals surface area contributed by atoms with Crippen LogP contribution >= 0.6 is 27.3 Å². The van der Waals surface area contributed by atoms with E-state index < -0.39 is 0 Å². The number of thiophene rings is 1. The molecule has 0 aliphatic rings. The van der Waals surface area contributed by atoms with Gasteiger partial charge in [0.15, 0.2) is 0 Å². The Morgan fingerprint density at radius 3 is 2.90 bits per heavy atom. The van der Waals surface area contributed by atoms with Crippen molar-refractivity contribution in [1.29, 1.82) is 0 Å². The molecule has 1 rings (SSSR count). The molecule has 1 nitrogen and oxygen atoms in total. The van der Waals surface area contributed by atoms with Gasteiger partial charge in [0.05, 0.1) is 9.83 Å². The molecule has 1 unspecified atom stereocenters. The average Bonchev–Trinajstić information content (AvgIpc) is 2.34. The van der Waals surface area contributed by atoms with Crippen molar-refractivity contribution in [1.82, 2.24) is 0 Å². The fourth-order valence-electron chi connectivity index (χ4n) is 0.583. The summed E-state index contributed by atoms with van der Waals surface area (Å²) in [6.45, 7) is 0. The monoisotopic (exact) mass is 215 g/mol. The lowest BCUT2D eigenvalue weighted by Gasteiger charge is -1.96. The predicted molar refractivity (Wildman–Crippen MR) is 47.8 cm³/mol. The van der Waals surface area contributed by atoms with Crippen LogP contribution in [0.5, 0.6) is 0 Å². The van der Waals surface area contributed by atoms with E-state index in [9.17, 15) is 0 Å². The van der Waals surface area contributed by atoms with Gasteiger partial charge in [-0.05, 0) is 32.9 Å². The third-order valence-corrected chi connectivity index (χ3v) is 2.65. The lowest BCUT2D eigenvalue weighted by atomic mass is 10.2. The maximum atomic E-state index is 5.56. The van der Waals surface area contributed by atoms with E-state index in [1.807, 2.05) is 11.4 Å². The van der Waals surface area contributed by atoms with E-state index in [1.165, 1.54) is 0 Å². The Bertz CT molecular complexity index is 261. The van der Waals surface area contributed by atoms with Crippen LogP contribution in [0.3, 0.4) is 0 Å².